The van der Waals surface area contributed by atoms with Crippen molar-refractivity contribution in [1.29, 1.82) is 0 Å². The third-order valence-corrected chi connectivity index (χ3v) is 4.97. The van der Waals surface area contributed by atoms with Gasteiger partial charge in [-0.2, -0.15) is 0 Å². The van der Waals surface area contributed by atoms with E-state index in [1.165, 1.54) is 23.1 Å². The number of aromatic amines is 1. The molecule has 2 aromatic carbocycles. The van der Waals surface area contributed by atoms with E-state index in [0.717, 1.165) is 35.0 Å². The molecule has 0 amide bonds. The first-order valence-electron chi connectivity index (χ1n) is 9.20. The Bertz CT molecular complexity index is 1160. The molecule has 0 saturated heterocycles. The number of aryl methyl sites for hydroxylation is 1. The van der Waals surface area contributed by atoms with Crippen LogP contribution < -0.4 is 10.9 Å². The number of phenolic OH excluding ortho intramolecular Hbond substituents is 1. The molecule has 0 radical (unpaired) electrons. The van der Waals surface area contributed by atoms with E-state index < -0.39 is 5.63 Å². The zero-order valence-corrected chi connectivity index (χ0v) is 15.2. The van der Waals surface area contributed by atoms with Crippen LogP contribution in [0.2, 0.25) is 0 Å². The van der Waals surface area contributed by atoms with Crippen molar-refractivity contribution in [2.24, 2.45) is 0 Å². The van der Waals surface area contributed by atoms with Crippen LogP contribution in [0.3, 0.4) is 0 Å². The predicted molar refractivity (Wildman–Crippen MR) is 107 cm³/mol. The molecule has 4 rings (SSSR count). The summed E-state index contributed by atoms with van der Waals surface area (Å²) in [5.74, 6) is 0.164. The molecule has 0 bridgehead atoms. The number of aromatic hydroxyl groups is 1. The van der Waals surface area contributed by atoms with Gasteiger partial charge in [0.2, 0.25) is 0 Å². The van der Waals surface area contributed by atoms with Crippen molar-refractivity contribution in [2.75, 3.05) is 6.54 Å². The highest BCUT2D eigenvalue weighted by atomic mass is 16.4. The smallest absolute Gasteiger partial charge is 0.336 e. The third-order valence-electron chi connectivity index (χ3n) is 4.97. The fourth-order valence-corrected chi connectivity index (χ4v) is 3.52. The second-order valence-corrected chi connectivity index (χ2v) is 6.71. The molecule has 0 saturated carbocycles. The van der Waals surface area contributed by atoms with Crippen LogP contribution in [0, 0.1) is 0 Å². The normalized spacial score (nSPS) is 11.4. The van der Waals surface area contributed by atoms with Crippen molar-refractivity contribution in [3.63, 3.8) is 0 Å². The Morgan fingerprint density at radius 1 is 1.07 bits per heavy atom. The molecule has 0 aliphatic rings. The topological polar surface area (TPSA) is 78.3 Å². The zero-order valence-electron chi connectivity index (χ0n) is 15.2. The molecule has 0 spiro atoms. The van der Waals surface area contributed by atoms with E-state index in [0.29, 0.717) is 18.5 Å². The number of aromatic nitrogens is 1. The Balaban J connectivity index is 1.51. The number of hydrogen-bond acceptors (Lipinski definition) is 4. The first-order valence-corrected chi connectivity index (χ1v) is 9.20. The van der Waals surface area contributed by atoms with Gasteiger partial charge in [0.25, 0.3) is 0 Å². The lowest BCUT2D eigenvalue weighted by molar-refractivity contribution is 0.466. The molecule has 27 heavy (non-hydrogen) atoms. The Morgan fingerprint density at radius 2 is 1.93 bits per heavy atom. The van der Waals surface area contributed by atoms with E-state index in [1.807, 2.05) is 25.1 Å². The quantitative estimate of drug-likeness (QED) is 0.359. The second-order valence-electron chi connectivity index (χ2n) is 6.71. The molecule has 3 N–H and O–H groups in total. The highest BCUT2D eigenvalue weighted by Gasteiger charge is 2.10. The number of fused-ring (bicyclic) bond motifs is 2. The van der Waals surface area contributed by atoms with Crippen LogP contribution in [0.4, 0.5) is 0 Å². The lowest BCUT2D eigenvalue weighted by Gasteiger charge is -2.09. The predicted octanol–water partition coefficient (Wildman–Crippen LogP) is 3.87. The summed E-state index contributed by atoms with van der Waals surface area (Å²) in [6, 6.07) is 13.2. The first-order chi connectivity index (χ1) is 13.2. The van der Waals surface area contributed by atoms with E-state index in [4.69, 9.17) is 4.42 Å². The monoisotopic (exact) mass is 362 g/mol. The maximum Gasteiger partial charge on any atom is 0.336 e. The highest BCUT2D eigenvalue weighted by molar-refractivity contribution is 5.83. The summed E-state index contributed by atoms with van der Waals surface area (Å²) < 4.78 is 5.25. The Labute approximate surface area is 156 Å². The van der Waals surface area contributed by atoms with Gasteiger partial charge in [0, 0.05) is 41.2 Å². The number of rotatable bonds is 6. The van der Waals surface area contributed by atoms with Gasteiger partial charge in [0.1, 0.15) is 11.3 Å². The minimum atomic E-state index is -0.403. The van der Waals surface area contributed by atoms with E-state index in [2.05, 4.69) is 28.6 Å². The Kier molecular flexibility index (Phi) is 4.69. The number of phenols is 1. The van der Waals surface area contributed by atoms with E-state index in [1.54, 1.807) is 0 Å². The summed E-state index contributed by atoms with van der Waals surface area (Å²) in [5, 5.41) is 15.5. The molecule has 0 fully saturated rings. The summed E-state index contributed by atoms with van der Waals surface area (Å²) in [6.07, 6.45) is 3.66. The summed E-state index contributed by atoms with van der Waals surface area (Å²) in [6.45, 7) is 3.35. The molecular weight excluding hydrogens is 340 g/mol. The van der Waals surface area contributed by atoms with Gasteiger partial charge < -0.3 is 19.8 Å². The fourth-order valence-electron chi connectivity index (χ4n) is 3.52. The van der Waals surface area contributed by atoms with Crippen molar-refractivity contribution < 1.29 is 9.52 Å². The maximum atomic E-state index is 11.9. The minimum Gasteiger partial charge on any atom is -0.508 e. The average Bonchev–Trinajstić information content (AvgIpc) is 3.07. The molecule has 5 nitrogen and oxygen atoms in total. The van der Waals surface area contributed by atoms with Gasteiger partial charge in [-0.3, -0.25) is 0 Å². The molecule has 0 unspecified atom stereocenters. The van der Waals surface area contributed by atoms with Crippen molar-refractivity contribution >= 4 is 21.9 Å². The minimum absolute atomic E-state index is 0.164. The van der Waals surface area contributed by atoms with Gasteiger partial charge >= 0.3 is 5.63 Å². The summed E-state index contributed by atoms with van der Waals surface area (Å²) in [4.78, 5) is 15.1. The standard InChI is InChI=1S/C22H22N2O3/c1-2-14-9-18-16(10-22(26)27-21(18)11-20(14)25)12-23-8-7-15-13-24-19-6-4-3-5-17(15)19/h3-6,9-11,13,23-25H,2,7-8,12H2,1H3. The zero-order chi connectivity index (χ0) is 18.8. The average molecular weight is 362 g/mol. The Hall–Kier alpha value is -3.05. The summed E-state index contributed by atoms with van der Waals surface area (Å²) in [5.41, 5.74) is 4.16. The molecule has 4 aromatic rings. The molecule has 5 heteroatoms. The van der Waals surface area contributed by atoms with Gasteiger partial charge in [-0.05, 0) is 48.2 Å². The SMILES string of the molecule is CCc1cc2c(CNCCc3c[nH]c4ccccc34)cc(=O)oc2cc1O. The van der Waals surface area contributed by atoms with Gasteiger partial charge in [-0.25, -0.2) is 4.79 Å². The first kappa shape index (κ1) is 17.4. The Morgan fingerprint density at radius 3 is 2.78 bits per heavy atom. The van der Waals surface area contributed by atoms with Gasteiger partial charge in [-0.15, -0.1) is 0 Å². The molecule has 2 heterocycles. The largest absolute Gasteiger partial charge is 0.508 e. The molecular formula is C22H22N2O3. The van der Waals surface area contributed by atoms with Gasteiger partial charge in [0.15, 0.2) is 0 Å². The van der Waals surface area contributed by atoms with E-state index in [9.17, 15) is 9.90 Å². The lowest BCUT2D eigenvalue weighted by Crippen LogP contribution is -2.18. The summed E-state index contributed by atoms with van der Waals surface area (Å²) >= 11 is 0. The number of benzene rings is 2. The van der Waals surface area contributed by atoms with Crippen LogP contribution in [0.5, 0.6) is 5.75 Å². The second kappa shape index (κ2) is 7.29. The van der Waals surface area contributed by atoms with Crippen molar-refractivity contribution in [3.05, 3.63) is 75.8 Å². The van der Waals surface area contributed by atoms with Crippen molar-refractivity contribution in [3.8, 4) is 5.75 Å². The van der Waals surface area contributed by atoms with Gasteiger partial charge in [0.05, 0.1) is 0 Å². The van der Waals surface area contributed by atoms with E-state index >= 15 is 0 Å². The van der Waals surface area contributed by atoms with Crippen LogP contribution >= 0.6 is 0 Å². The fraction of sp³-hybridized carbons (Fsp3) is 0.227. The van der Waals surface area contributed by atoms with Crippen molar-refractivity contribution in [1.82, 2.24) is 10.3 Å². The van der Waals surface area contributed by atoms with Crippen LogP contribution in [0.15, 0.2) is 57.9 Å². The lowest BCUT2D eigenvalue weighted by atomic mass is 10.0. The summed E-state index contributed by atoms with van der Waals surface area (Å²) in [7, 11) is 0. The van der Waals surface area contributed by atoms with Crippen LogP contribution in [0.25, 0.3) is 21.9 Å². The van der Waals surface area contributed by atoms with Gasteiger partial charge in [-0.1, -0.05) is 25.1 Å². The van der Waals surface area contributed by atoms with Crippen molar-refractivity contribution in [2.45, 2.75) is 26.3 Å². The third kappa shape index (κ3) is 3.46. The molecule has 2 aromatic heterocycles. The molecule has 0 atom stereocenters. The highest BCUT2D eigenvalue weighted by Crippen LogP contribution is 2.27. The van der Waals surface area contributed by atoms with Crippen LogP contribution in [-0.4, -0.2) is 16.6 Å². The maximum absolute atomic E-state index is 11.9. The number of H-pyrrole nitrogens is 1. The molecule has 138 valence electrons. The van der Waals surface area contributed by atoms with E-state index in [-0.39, 0.29) is 5.75 Å². The molecule has 0 aliphatic carbocycles. The number of hydrogen-bond donors (Lipinski definition) is 3. The van der Waals surface area contributed by atoms with Crippen LogP contribution in [-0.2, 0) is 19.4 Å². The molecule has 0 aliphatic heterocycles. The number of para-hydroxylation sites is 1. The number of nitrogens with one attached hydrogen (secondary N) is 2. The van der Waals surface area contributed by atoms with Crippen LogP contribution in [0.1, 0.15) is 23.6 Å².